The van der Waals surface area contributed by atoms with Crippen LogP contribution < -0.4 is 9.62 Å². The van der Waals surface area contributed by atoms with E-state index in [0.29, 0.717) is 12.2 Å². The predicted octanol–water partition coefficient (Wildman–Crippen LogP) is 4.67. The first kappa shape index (κ1) is 28.9. The lowest BCUT2D eigenvalue weighted by Gasteiger charge is -2.33. The molecule has 202 valence electrons. The molecule has 38 heavy (non-hydrogen) atoms. The van der Waals surface area contributed by atoms with Crippen molar-refractivity contribution in [1.82, 2.24) is 10.2 Å². The van der Waals surface area contributed by atoms with E-state index in [1.807, 2.05) is 65.0 Å². The van der Waals surface area contributed by atoms with E-state index in [1.54, 1.807) is 43.3 Å². The van der Waals surface area contributed by atoms with Gasteiger partial charge in [0.25, 0.3) is 10.0 Å². The van der Waals surface area contributed by atoms with Gasteiger partial charge in [-0.1, -0.05) is 54.1 Å². The molecule has 0 aliphatic rings. The normalized spacial score (nSPS) is 12.1. The summed E-state index contributed by atoms with van der Waals surface area (Å²) in [6, 6.07) is 18.8. The Balaban J connectivity index is 2.09. The van der Waals surface area contributed by atoms with E-state index in [1.165, 1.54) is 4.90 Å². The van der Waals surface area contributed by atoms with Gasteiger partial charge >= 0.3 is 0 Å². The molecule has 2 amide bonds. The zero-order chi connectivity index (χ0) is 28.0. The van der Waals surface area contributed by atoms with Crippen molar-refractivity contribution >= 4 is 27.5 Å². The van der Waals surface area contributed by atoms with Crippen LogP contribution in [-0.2, 0) is 26.2 Å². The summed E-state index contributed by atoms with van der Waals surface area (Å²) in [4.78, 5) is 28.3. The summed E-state index contributed by atoms with van der Waals surface area (Å²) in [6.45, 7) is 11.2. The first-order valence-corrected chi connectivity index (χ1v) is 14.2. The molecule has 0 aromatic heterocycles. The van der Waals surface area contributed by atoms with Gasteiger partial charge in [-0.15, -0.1) is 0 Å². The minimum absolute atomic E-state index is 0.0963. The molecular weight excluding hydrogens is 498 g/mol. The molecule has 0 bridgehead atoms. The number of rotatable bonds is 10. The van der Waals surface area contributed by atoms with Gasteiger partial charge in [0.05, 0.1) is 10.6 Å². The summed E-state index contributed by atoms with van der Waals surface area (Å²) in [5, 5.41) is 2.78. The number of anilines is 1. The molecular formula is C30H37N3O4S. The minimum Gasteiger partial charge on any atom is -0.355 e. The van der Waals surface area contributed by atoms with Gasteiger partial charge in [-0.3, -0.25) is 13.9 Å². The second-order valence-corrected chi connectivity index (χ2v) is 11.4. The second kappa shape index (κ2) is 12.3. The van der Waals surface area contributed by atoms with Crippen molar-refractivity contribution < 1.29 is 18.0 Å². The number of aryl methyl sites for hydroxylation is 3. The van der Waals surface area contributed by atoms with Crippen molar-refractivity contribution in [2.75, 3.05) is 17.4 Å². The first-order valence-electron chi connectivity index (χ1n) is 12.7. The van der Waals surface area contributed by atoms with Crippen LogP contribution in [-0.4, -0.2) is 44.3 Å². The van der Waals surface area contributed by atoms with Crippen LogP contribution in [0.4, 0.5) is 5.69 Å². The van der Waals surface area contributed by atoms with E-state index in [2.05, 4.69) is 5.32 Å². The molecule has 0 aliphatic carbocycles. The van der Waals surface area contributed by atoms with Gasteiger partial charge in [0.15, 0.2) is 0 Å². The Morgan fingerprint density at radius 3 is 2.13 bits per heavy atom. The highest BCUT2D eigenvalue weighted by Crippen LogP contribution is 2.29. The molecule has 8 heteroatoms. The van der Waals surface area contributed by atoms with Crippen LogP contribution in [0.3, 0.4) is 0 Å². The van der Waals surface area contributed by atoms with E-state index in [-0.39, 0.29) is 17.3 Å². The van der Waals surface area contributed by atoms with Gasteiger partial charge in [-0.25, -0.2) is 8.42 Å². The third kappa shape index (κ3) is 6.42. The average Bonchev–Trinajstić information content (AvgIpc) is 2.88. The fraction of sp³-hybridized carbons (Fsp3) is 0.333. The average molecular weight is 536 g/mol. The molecule has 0 saturated carbocycles. The van der Waals surface area contributed by atoms with Crippen LogP contribution in [0, 0.1) is 27.7 Å². The maximum absolute atomic E-state index is 14.0. The zero-order valence-electron chi connectivity index (χ0n) is 23.0. The molecule has 0 spiro atoms. The number of benzene rings is 3. The maximum Gasteiger partial charge on any atom is 0.264 e. The van der Waals surface area contributed by atoms with E-state index < -0.39 is 28.5 Å². The van der Waals surface area contributed by atoms with Crippen LogP contribution in [0.5, 0.6) is 0 Å². The molecule has 1 N–H and O–H groups in total. The monoisotopic (exact) mass is 535 g/mol. The lowest BCUT2D eigenvalue weighted by Crippen LogP contribution is -2.51. The standard InChI is InChI=1S/C30H37N3O4S/c1-7-31-30(35)25(6)32(19-26-13-9-8-11-23(26)4)29(34)20-33(28-14-10-12-22(3)24(28)5)38(36,37)27-17-15-21(2)16-18-27/h8-18,25H,7,19-20H2,1-6H3,(H,31,35)/t25-/m0/s1. The van der Waals surface area contributed by atoms with Crippen LogP contribution in [0.15, 0.2) is 71.6 Å². The quantitative estimate of drug-likeness (QED) is 0.409. The molecule has 0 fully saturated rings. The minimum atomic E-state index is -4.09. The number of hydrogen-bond acceptors (Lipinski definition) is 4. The van der Waals surface area contributed by atoms with Crippen molar-refractivity contribution in [1.29, 1.82) is 0 Å². The fourth-order valence-corrected chi connectivity index (χ4v) is 5.70. The molecule has 3 rings (SSSR count). The number of amides is 2. The Bertz CT molecular complexity index is 1400. The molecule has 0 heterocycles. The molecule has 0 aliphatic heterocycles. The molecule has 7 nitrogen and oxygen atoms in total. The van der Waals surface area contributed by atoms with Crippen LogP contribution in [0.2, 0.25) is 0 Å². The lowest BCUT2D eigenvalue weighted by atomic mass is 10.1. The van der Waals surface area contributed by atoms with Crippen molar-refractivity contribution in [2.45, 2.75) is 59.0 Å². The molecule has 3 aromatic carbocycles. The van der Waals surface area contributed by atoms with Crippen LogP contribution >= 0.6 is 0 Å². The summed E-state index contributed by atoms with van der Waals surface area (Å²) in [7, 11) is -4.09. The van der Waals surface area contributed by atoms with Crippen molar-refractivity contribution in [3.63, 3.8) is 0 Å². The molecule has 0 radical (unpaired) electrons. The summed E-state index contributed by atoms with van der Waals surface area (Å²) in [6.07, 6.45) is 0. The Morgan fingerprint density at radius 2 is 1.50 bits per heavy atom. The summed E-state index contributed by atoms with van der Waals surface area (Å²) in [5.41, 5.74) is 4.90. The third-order valence-corrected chi connectivity index (χ3v) is 8.63. The van der Waals surface area contributed by atoms with Crippen molar-refractivity contribution in [3.8, 4) is 0 Å². The maximum atomic E-state index is 14.0. The molecule has 1 atom stereocenters. The number of carbonyl (C=O) groups excluding carboxylic acids is 2. The summed E-state index contributed by atoms with van der Waals surface area (Å²) < 4.78 is 29.1. The highest BCUT2D eigenvalue weighted by molar-refractivity contribution is 7.92. The lowest BCUT2D eigenvalue weighted by molar-refractivity contribution is -0.139. The van der Waals surface area contributed by atoms with E-state index >= 15 is 0 Å². The van der Waals surface area contributed by atoms with E-state index in [0.717, 1.165) is 32.1 Å². The SMILES string of the molecule is CCNC(=O)[C@H](C)N(Cc1ccccc1C)C(=O)CN(c1cccc(C)c1C)S(=O)(=O)c1ccc(C)cc1. The largest absolute Gasteiger partial charge is 0.355 e. The van der Waals surface area contributed by atoms with Gasteiger partial charge in [-0.05, 0) is 82.0 Å². The van der Waals surface area contributed by atoms with Gasteiger partial charge < -0.3 is 10.2 Å². The van der Waals surface area contributed by atoms with E-state index in [4.69, 9.17) is 0 Å². The van der Waals surface area contributed by atoms with Crippen molar-refractivity contribution in [3.05, 3.63) is 94.5 Å². The van der Waals surface area contributed by atoms with E-state index in [9.17, 15) is 18.0 Å². The van der Waals surface area contributed by atoms with Crippen LogP contribution in [0.1, 0.15) is 41.7 Å². The topological polar surface area (TPSA) is 86.8 Å². The molecule has 0 saturated heterocycles. The number of nitrogens with one attached hydrogen (secondary N) is 1. The number of carbonyl (C=O) groups is 2. The summed E-state index contributed by atoms with van der Waals surface area (Å²) in [5.74, 6) is -0.766. The Morgan fingerprint density at radius 1 is 0.868 bits per heavy atom. The number of likely N-dealkylation sites (N-methyl/N-ethyl adjacent to an activating group) is 1. The van der Waals surface area contributed by atoms with Gasteiger partial charge in [0.1, 0.15) is 12.6 Å². The van der Waals surface area contributed by atoms with Crippen molar-refractivity contribution in [2.24, 2.45) is 0 Å². The Kier molecular flexibility index (Phi) is 9.33. The smallest absolute Gasteiger partial charge is 0.264 e. The van der Waals surface area contributed by atoms with Crippen LogP contribution in [0.25, 0.3) is 0 Å². The highest BCUT2D eigenvalue weighted by atomic mass is 32.2. The number of nitrogens with zero attached hydrogens (tertiary/aromatic N) is 2. The summed E-state index contributed by atoms with van der Waals surface area (Å²) >= 11 is 0. The van der Waals surface area contributed by atoms with Gasteiger partial charge in [0.2, 0.25) is 11.8 Å². The second-order valence-electron chi connectivity index (χ2n) is 9.56. The first-order chi connectivity index (χ1) is 18.0. The Labute approximate surface area is 226 Å². The number of hydrogen-bond donors (Lipinski definition) is 1. The number of sulfonamides is 1. The predicted molar refractivity (Wildman–Crippen MR) is 152 cm³/mol. The zero-order valence-corrected chi connectivity index (χ0v) is 23.8. The third-order valence-electron chi connectivity index (χ3n) is 6.85. The van der Waals surface area contributed by atoms with Gasteiger partial charge in [0, 0.05) is 13.1 Å². The Hall–Kier alpha value is -3.65. The van der Waals surface area contributed by atoms with Gasteiger partial charge in [-0.2, -0.15) is 0 Å². The highest BCUT2D eigenvalue weighted by Gasteiger charge is 2.33. The molecule has 3 aromatic rings. The fourth-order valence-electron chi connectivity index (χ4n) is 4.23. The molecule has 0 unspecified atom stereocenters.